The monoisotopic (exact) mass is 251 g/mol. The van der Waals surface area contributed by atoms with Crippen LogP contribution in [0.25, 0.3) is 0 Å². The third-order valence-electron chi connectivity index (χ3n) is 2.44. The van der Waals surface area contributed by atoms with Gasteiger partial charge in [0, 0.05) is 13.6 Å². The Labute approximate surface area is 105 Å². The summed E-state index contributed by atoms with van der Waals surface area (Å²) in [6.07, 6.45) is 0. The minimum Gasteiger partial charge on any atom is -0.407 e. The van der Waals surface area contributed by atoms with Crippen LogP contribution < -0.4 is 4.90 Å². The Balaban J connectivity index is 2.05. The van der Waals surface area contributed by atoms with E-state index in [-0.39, 0.29) is 5.88 Å². The fourth-order valence-corrected chi connectivity index (χ4v) is 1.60. The standard InChI is InChI=1S/C12H14ClN3O/c1-9-3-5-10(6-4-9)8-16(2)12-15-14-11(7-13)17-12/h3-6H,7-8H2,1-2H3. The highest BCUT2D eigenvalue weighted by Gasteiger charge is 2.10. The van der Waals surface area contributed by atoms with Gasteiger partial charge in [-0.05, 0) is 12.5 Å². The van der Waals surface area contributed by atoms with E-state index in [1.54, 1.807) is 0 Å². The highest BCUT2D eigenvalue weighted by atomic mass is 35.5. The van der Waals surface area contributed by atoms with Gasteiger partial charge in [-0.15, -0.1) is 16.7 Å². The summed E-state index contributed by atoms with van der Waals surface area (Å²) >= 11 is 5.61. The van der Waals surface area contributed by atoms with E-state index >= 15 is 0 Å². The van der Waals surface area contributed by atoms with Crippen LogP contribution in [0.1, 0.15) is 17.0 Å². The summed E-state index contributed by atoms with van der Waals surface area (Å²) in [7, 11) is 1.91. The van der Waals surface area contributed by atoms with Gasteiger partial charge < -0.3 is 9.32 Å². The molecule has 0 aliphatic rings. The van der Waals surface area contributed by atoms with Gasteiger partial charge in [-0.25, -0.2) is 0 Å². The molecule has 1 aromatic carbocycles. The Kier molecular flexibility index (Phi) is 3.64. The molecule has 0 amide bonds. The van der Waals surface area contributed by atoms with Crippen LogP contribution in [0.15, 0.2) is 28.7 Å². The Morgan fingerprint density at radius 3 is 2.53 bits per heavy atom. The fraction of sp³-hybridized carbons (Fsp3) is 0.333. The van der Waals surface area contributed by atoms with Gasteiger partial charge in [0.1, 0.15) is 5.88 Å². The molecule has 2 rings (SSSR count). The Hall–Kier alpha value is -1.55. The molecule has 0 N–H and O–H groups in total. The summed E-state index contributed by atoms with van der Waals surface area (Å²) in [6, 6.07) is 8.83. The minimum atomic E-state index is 0.241. The molecule has 0 saturated heterocycles. The summed E-state index contributed by atoms with van der Waals surface area (Å²) in [5, 5.41) is 7.75. The predicted octanol–water partition coefficient (Wildman–Crippen LogP) is 2.75. The lowest BCUT2D eigenvalue weighted by molar-refractivity contribution is 0.506. The molecule has 17 heavy (non-hydrogen) atoms. The van der Waals surface area contributed by atoms with E-state index in [4.69, 9.17) is 16.0 Å². The van der Waals surface area contributed by atoms with Crippen molar-refractivity contribution in [2.24, 2.45) is 0 Å². The first kappa shape index (κ1) is 11.9. The second kappa shape index (κ2) is 5.19. The van der Waals surface area contributed by atoms with Crippen LogP contribution in [0.2, 0.25) is 0 Å². The molecule has 1 aromatic heterocycles. The van der Waals surface area contributed by atoms with Crippen molar-refractivity contribution in [3.8, 4) is 0 Å². The molecule has 0 saturated carbocycles. The third-order valence-corrected chi connectivity index (χ3v) is 2.67. The van der Waals surface area contributed by atoms with Gasteiger partial charge in [0.2, 0.25) is 5.89 Å². The van der Waals surface area contributed by atoms with E-state index < -0.39 is 0 Å². The van der Waals surface area contributed by atoms with Crippen LogP contribution in [0.3, 0.4) is 0 Å². The number of nitrogens with zero attached hydrogens (tertiary/aromatic N) is 3. The Bertz CT molecular complexity index is 481. The number of alkyl halides is 1. The summed E-state index contributed by atoms with van der Waals surface area (Å²) < 4.78 is 5.36. The van der Waals surface area contributed by atoms with E-state index in [0.717, 1.165) is 6.54 Å². The maximum atomic E-state index is 5.61. The molecular weight excluding hydrogens is 238 g/mol. The van der Waals surface area contributed by atoms with Crippen LogP contribution in [-0.4, -0.2) is 17.2 Å². The van der Waals surface area contributed by atoms with Crippen molar-refractivity contribution in [1.29, 1.82) is 0 Å². The van der Waals surface area contributed by atoms with Gasteiger partial charge in [-0.1, -0.05) is 34.9 Å². The van der Waals surface area contributed by atoms with Crippen LogP contribution in [0.5, 0.6) is 0 Å². The molecule has 2 aromatic rings. The zero-order chi connectivity index (χ0) is 12.3. The summed E-state index contributed by atoms with van der Waals surface area (Å²) in [5.41, 5.74) is 2.45. The molecule has 0 radical (unpaired) electrons. The second-order valence-corrected chi connectivity index (χ2v) is 4.22. The molecule has 0 spiro atoms. The van der Waals surface area contributed by atoms with Crippen molar-refractivity contribution in [2.45, 2.75) is 19.3 Å². The number of hydrogen-bond acceptors (Lipinski definition) is 4. The second-order valence-electron chi connectivity index (χ2n) is 3.95. The van der Waals surface area contributed by atoms with Gasteiger partial charge in [0.05, 0.1) is 0 Å². The number of halogens is 1. The molecule has 4 nitrogen and oxygen atoms in total. The molecule has 0 unspecified atom stereocenters. The van der Waals surface area contributed by atoms with Gasteiger partial charge in [-0.3, -0.25) is 0 Å². The summed E-state index contributed by atoms with van der Waals surface area (Å²) in [5.74, 6) is 0.683. The number of rotatable bonds is 4. The largest absolute Gasteiger partial charge is 0.407 e. The van der Waals surface area contributed by atoms with Crippen LogP contribution in [0, 0.1) is 6.92 Å². The van der Waals surface area contributed by atoms with Gasteiger partial charge in [-0.2, -0.15) is 0 Å². The summed E-state index contributed by atoms with van der Waals surface area (Å²) in [6.45, 7) is 2.79. The zero-order valence-electron chi connectivity index (χ0n) is 9.85. The maximum Gasteiger partial charge on any atom is 0.318 e. The first-order valence-corrected chi connectivity index (χ1v) is 5.87. The topological polar surface area (TPSA) is 42.2 Å². The number of benzene rings is 1. The molecule has 90 valence electrons. The minimum absolute atomic E-state index is 0.241. The maximum absolute atomic E-state index is 5.61. The number of aryl methyl sites for hydroxylation is 1. The third kappa shape index (κ3) is 2.97. The van der Waals surface area contributed by atoms with Crippen LogP contribution >= 0.6 is 11.6 Å². The van der Waals surface area contributed by atoms with Crippen LogP contribution in [-0.2, 0) is 12.4 Å². The first-order valence-electron chi connectivity index (χ1n) is 5.34. The van der Waals surface area contributed by atoms with Crippen molar-refractivity contribution >= 4 is 17.6 Å². The van der Waals surface area contributed by atoms with Gasteiger partial charge in [0.15, 0.2) is 0 Å². The number of hydrogen-bond donors (Lipinski definition) is 0. The fourth-order valence-electron chi connectivity index (χ4n) is 1.49. The zero-order valence-corrected chi connectivity index (χ0v) is 10.6. The highest BCUT2D eigenvalue weighted by Crippen LogP contribution is 2.15. The quantitative estimate of drug-likeness (QED) is 0.784. The van der Waals surface area contributed by atoms with Crippen LogP contribution in [0.4, 0.5) is 6.01 Å². The van der Waals surface area contributed by atoms with Crippen molar-refractivity contribution < 1.29 is 4.42 Å². The van der Waals surface area contributed by atoms with E-state index in [2.05, 4.69) is 41.4 Å². The van der Waals surface area contributed by atoms with E-state index in [0.29, 0.717) is 11.9 Å². The summed E-state index contributed by atoms with van der Waals surface area (Å²) in [4.78, 5) is 1.90. The Morgan fingerprint density at radius 1 is 1.24 bits per heavy atom. The van der Waals surface area contributed by atoms with E-state index in [9.17, 15) is 0 Å². The molecule has 0 aliphatic heterocycles. The molecule has 5 heteroatoms. The molecule has 0 atom stereocenters. The van der Waals surface area contributed by atoms with Crippen molar-refractivity contribution in [3.05, 3.63) is 41.3 Å². The average Bonchev–Trinajstić information content (AvgIpc) is 2.81. The molecule has 1 heterocycles. The van der Waals surface area contributed by atoms with Gasteiger partial charge in [0.25, 0.3) is 0 Å². The number of aromatic nitrogens is 2. The van der Waals surface area contributed by atoms with E-state index in [1.807, 2.05) is 11.9 Å². The van der Waals surface area contributed by atoms with Crippen molar-refractivity contribution in [1.82, 2.24) is 10.2 Å². The first-order chi connectivity index (χ1) is 8.19. The number of anilines is 1. The van der Waals surface area contributed by atoms with Crippen molar-refractivity contribution in [3.63, 3.8) is 0 Å². The lowest BCUT2D eigenvalue weighted by Crippen LogP contribution is -2.16. The molecular formula is C12H14ClN3O. The molecule has 0 aliphatic carbocycles. The van der Waals surface area contributed by atoms with Crippen molar-refractivity contribution in [2.75, 3.05) is 11.9 Å². The molecule has 0 bridgehead atoms. The predicted molar refractivity (Wildman–Crippen MR) is 67.1 cm³/mol. The van der Waals surface area contributed by atoms with Gasteiger partial charge >= 0.3 is 6.01 Å². The average molecular weight is 252 g/mol. The lowest BCUT2D eigenvalue weighted by atomic mass is 10.1. The highest BCUT2D eigenvalue weighted by molar-refractivity contribution is 6.16. The normalized spacial score (nSPS) is 10.5. The van der Waals surface area contributed by atoms with E-state index in [1.165, 1.54) is 11.1 Å². The smallest absolute Gasteiger partial charge is 0.318 e. The lowest BCUT2D eigenvalue weighted by Gasteiger charge is -2.13. The SMILES string of the molecule is Cc1ccc(CN(C)c2nnc(CCl)o2)cc1. The molecule has 0 fully saturated rings. The Morgan fingerprint density at radius 2 is 1.94 bits per heavy atom.